The third-order valence-electron chi connectivity index (χ3n) is 4.48. The van der Waals surface area contributed by atoms with Crippen LogP contribution in [0, 0.1) is 0 Å². The Morgan fingerprint density at radius 2 is 1.90 bits per heavy atom. The average molecular weight is 443 g/mol. The van der Waals surface area contributed by atoms with Crippen LogP contribution in [-0.4, -0.2) is 40.5 Å². The Kier molecular flexibility index (Phi) is 5.99. The second-order valence-electron chi connectivity index (χ2n) is 7.89. The largest absolute Gasteiger partial charge is 0.495 e. The molecule has 0 atom stereocenters. The summed E-state index contributed by atoms with van der Waals surface area (Å²) in [5, 5.41) is 10.4. The summed E-state index contributed by atoms with van der Waals surface area (Å²) in [6.07, 6.45) is 0. The van der Waals surface area contributed by atoms with Gasteiger partial charge in [0.1, 0.15) is 11.6 Å². The molecule has 2 N–H and O–H groups in total. The number of methoxy groups -OCH3 is 1. The number of hydrogen-bond acceptors (Lipinski definition) is 5. The van der Waals surface area contributed by atoms with Gasteiger partial charge in [-0.3, -0.25) is 10.1 Å². The Labute approximate surface area is 184 Å². The Morgan fingerprint density at radius 3 is 2.52 bits per heavy atom. The highest BCUT2D eigenvalue weighted by atomic mass is 35.5. The topological polar surface area (TPSA) is 110 Å². The maximum absolute atomic E-state index is 12.7. The fourth-order valence-corrected chi connectivity index (χ4v) is 2.86. The normalized spacial score (nSPS) is 14.1. The lowest BCUT2D eigenvalue weighted by Gasteiger charge is -2.15. The van der Waals surface area contributed by atoms with E-state index in [9.17, 15) is 9.59 Å². The lowest BCUT2D eigenvalue weighted by molar-refractivity contribution is -0.113. The first kappa shape index (κ1) is 22.2. The zero-order valence-electron chi connectivity index (χ0n) is 17.9. The van der Waals surface area contributed by atoms with E-state index in [1.807, 2.05) is 20.8 Å². The van der Waals surface area contributed by atoms with E-state index in [1.165, 1.54) is 11.8 Å². The van der Waals surface area contributed by atoms with Crippen molar-refractivity contribution in [3.8, 4) is 5.75 Å². The highest BCUT2D eigenvalue weighted by molar-refractivity contribution is 6.31. The zero-order chi connectivity index (χ0) is 22.9. The number of nitrogens with zero attached hydrogens (tertiary/aromatic N) is 4. The molecule has 9 nitrogen and oxygen atoms in total. The Hall–Kier alpha value is -3.46. The number of ether oxygens (including phenoxy) is 1. The van der Waals surface area contributed by atoms with Crippen LogP contribution >= 0.6 is 11.6 Å². The molecule has 2 aromatic rings. The van der Waals surface area contributed by atoms with Crippen molar-refractivity contribution < 1.29 is 14.3 Å². The van der Waals surface area contributed by atoms with Crippen LogP contribution in [0.15, 0.2) is 46.4 Å². The van der Waals surface area contributed by atoms with Gasteiger partial charge in [0, 0.05) is 16.5 Å². The number of halogens is 1. The Balaban J connectivity index is 1.96. The maximum atomic E-state index is 12.7. The number of aromatic nitrogens is 2. The van der Waals surface area contributed by atoms with Crippen molar-refractivity contribution in [2.75, 3.05) is 17.7 Å². The molecule has 162 valence electrons. The van der Waals surface area contributed by atoms with E-state index < -0.39 is 11.9 Å². The molecule has 0 unspecified atom stereocenters. The molecular weight excluding hydrogens is 420 g/mol. The summed E-state index contributed by atoms with van der Waals surface area (Å²) in [5.74, 6) is 0.277. The van der Waals surface area contributed by atoms with Gasteiger partial charge in [-0.25, -0.2) is 9.79 Å². The summed E-state index contributed by atoms with van der Waals surface area (Å²) >= 11 is 6.03. The molecule has 0 bridgehead atoms. The number of aliphatic imine (C=N–C) groups is 2. The van der Waals surface area contributed by atoms with Gasteiger partial charge in [0.25, 0.3) is 11.9 Å². The van der Waals surface area contributed by atoms with Crippen LogP contribution in [0.5, 0.6) is 5.75 Å². The summed E-state index contributed by atoms with van der Waals surface area (Å²) < 4.78 is 6.57. The molecule has 1 aromatic heterocycles. The summed E-state index contributed by atoms with van der Waals surface area (Å²) in [5.41, 5.74) is 1.39. The number of carbonyl (C=O) groups is 2. The van der Waals surface area contributed by atoms with Crippen LogP contribution < -0.4 is 15.4 Å². The van der Waals surface area contributed by atoms with E-state index in [2.05, 4.69) is 32.3 Å². The average Bonchev–Trinajstić information content (AvgIpc) is 3.10. The molecule has 2 heterocycles. The van der Waals surface area contributed by atoms with Crippen molar-refractivity contribution in [3.63, 3.8) is 0 Å². The first-order valence-electron chi connectivity index (χ1n) is 9.39. The number of nitrogens with one attached hydrogen (secondary N) is 2. The van der Waals surface area contributed by atoms with Gasteiger partial charge in [0.15, 0.2) is 0 Å². The van der Waals surface area contributed by atoms with Crippen LogP contribution in [0.3, 0.4) is 0 Å². The first-order valence-corrected chi connectivity index (χ1v) is 9.77. The fourth-order valence-electron chi connectivity index (χ4n) is 2.69. The van der Waals surface area contributed by atoms with Gasteiger partial charge in [0.2, 0.25) is 0 Å². The van der Waals surface area contributed by atoms with Gasteiger partial charge < -0.3 is 10.1 Å². The van der Waals surface area contributed by atoms with Gasteiger partial charge in [-0.05, 0) is 25.1 Å². The predicted octanol–water partition coefficient (Wildman–Crippen LogP) is 4.25. The summed E-state index contributed by atoms with van der Waals surface area (Å²) in [6, 6.07) is 6.01. The van der Waals surface area contributed by atoms with Gasteiger partial charge in [-0.1, -0.05) is 39.0 Å². The fraction of sp³-hybridized carbons (Fsp3) is 0.286. The third-order valence-corrected chi connectivity index (χ3v) is 4.72. The van der Waals surface area contributed by atoms with Crippen molar-refractivity contribution in [2.24, 2.45) is 9.98 Å². The number of carbonyl (C=O) groups excluding carboxylic acids is 2. The van der Waals surface area contributed by atoms with Crippen molar-refractivity contribution >= 4 is 46.7 Å². The van der Waals surface area contributed by atoms with Gasteiger partial charge >= 0.3 is 6.03 Å². The summed E-state index contributed by atoms with van der Waals surface area (Å²) in [7, 11) is 1.49. The van der Waals surface area contributed by atoms with E-state index in [-0.39, 0.29) is 16.9 Å². The number of anilines is 2. The van der Waals surface area contributed by atoms with Crippen LogP contribution in [0.2, 0.25) is 5.02 Å². The molecule has 3 amide bonds. The lowest BCUT2D eigenvalue weighted by atomic mass is 9.92. The van der Waals surface area contributed by atoms with Crippen LogP contribution in [-0.2, 0) is 10.2 Å². The molecule has 1 aromatic carbocycles. The van der Waals surface area contributed by atoms with Crippen molar-refractivity contribution in [1.82, 2.24) is 9.78 Å². The summed E-state index contributed by atoms with van der Waals surface area (Å²) in [4.78, 5) is 33.1. The Bertz CT molecular complexity index is 1140. The van der Waals surface area contributed by atoms with Gasteiger partial charge in [-0.15, -0.1) is 0 Å². The van der Waals surface area contributed by atoms with Crippen LogP contribution in [0.1, 0.15) is 33.4 Å². The molecule has 31 heavy (non-hydrogen) atoms. The van der Waals surface area contributed by atoms with Gasteiger partial charge in [0.05, 0.1) is 29.8 Å². The highest BCUT2D eigenvalue weighted by Gasteiger charge is 2.25. The smallest absolute Gasteiger partial charge is 0.324 e. The first-order chi connectivity index (χ1) is 14.5. The van der Waals surface area contributed by atoms with Crippen molar-refractivity contribution in [2.45, 2.75) is 33.1 Å². The number of rotatable bonds is 3. The molecule has 0 fully saturated rings. The minimum Gasteiger partial charge on any atom is -0.495 e. The second-order valence-corrected chi connectivity index (χ2v) is 8.33. The Morgan fingerprint density at radius 1 is 1.19 bits per heavy atom. The van der Waals surface area contributed by atoms with E-state index in [4.69, 9.17) is 16.3 Å². The second kappa shape index (κ2) is 8.35. The molecule has 1 aliphatic heterocycles. The standard InChI is InChI=1S/C21H23ClN6O3/c1-11-12(2)23-19(26-18(11)29)28-17(10-16(27-28)21(3,4)5)25-20(30)24-14-9-13(22)7-8-15(14)31-6/h7-10H,1H2,2-6H3,(H2,24,25,30). The minimum absolute atomic E-state index is 0.0426. The van der Waals surface area contributed by atoms with Crippen LogP contribution in [0.4, 0.5) is 16.3 Å². The van der Waals surface area contributed by atoms with Crippen molar-refractivity contribution in [1.29, 1.82) is 0 Å². The number of hydrogen-bond donors (Lipinski definition) is 2. The molecular formula is C21H23ClN6O3. The molecule has 0 radical (unpaired) electrons. The van der Waals surface area contributed by atoms with E-state index >= 15 is 0 Å². The molecule has 0 saturated carbocycles. The minimum atomic E-state index is -0.560. The highest BCUT2D eigenvalue weighted by Crippen LogP contribution is 2.28. The SMILES string of the molecule is C=C1C(=O)N=C(n2nc(C(C)(C)C)cc2NC(=O)Nc2cc(Cl)ccc2OC)N=C1C. The van der Waals surface area contributed by atoms with Crippen molar-refractivity contribution in [3.05, 3.63) is 47.1 Å². The maximum Gasteiger partial charge on any atom is 0.324 e. The molecule has 0 saturated heterocycles. The van der Waals surface area contributed by atoms with Gasteiger partial charge in [-0.2, -0.15) is 14.8 Å². The molecule has 3 rings (SSSR count). The zero-order valence-corrected chi connectivity index (χ0v) is 18.7. The quantitative estimate of drug-likeness (QED) is 0.692. The molecule has 0 aliphatic carbocycles. The third kappa shape index (κ3) is 4.83. The number of urea groups is 1. The number of benzene rings is 1. The number of amides is 3. The van der Waals surface area contributed by atoms with E-state index in [0.29, 0.717) is 33.7 Å². The van der Waals surface area contributed by atoms with Crippen LogP contribution in [0.25, 0.3) is 0 Å². The predicted molar refractivity (Wildman–Crippen MR) is 122 cm³/mol. The van der Waals surface area contributed by atoms with E-state index in [1.54, 1.807) is 31.2 Å². The molecule has 10 heteroatoms. The molecule has 1 aliphatic rings. The molecule has 0 spiro atoms. The van der Waals surface area contributed by atoms with E-state index in [0.717, 1.165) is 0 Å². The summed E-state index contributed by atoms with van der Waals surface area (Å²) in [6.45, 7) is 11.3. The lowest BCUT2D eigenvalue weighted by Crippen LogP contribution is -2.27. The monoisotopic (exact) mass is 442 g/mol.